The summed E-state index contributed by atoms with van der Waals surface area (Å²) in [4.78, 5) is 36.7. The smallest absolute Gasteiger partial charge is 0.410 e. The first-order valence-corrected chi connectivity index (χ1v) is 11.0. The molecule has 0 radical (unpaired) electrons. The number of fused-ring (bicyclic) bond motifs is 1. The van der Waals surface area contributed by atoms with Crippen LogP contribution in [0.1, 0.15) is 46.4 Å². The van der Waals surface area contributed by atoms with Crippen LogP contribution in [0.4, 0.5) is 10.6 Å². The molecule has 0 spiro atoms. The van der Waals surface area contributed by atoms with Crippen molar-refractivity contribution in [3.63, 3.8) is 0 Å². The second-order valence-electron chi connectivity index (χ2n) is 9.00. The SMILES string of the molecule is CCn1c(-c2cnc(C)nc2)nc2c(NC3CCCN(C(=O)OC(C)(C)C)C3)ncnc21. The third-order valence-corrected chi connectivity index (χ3v) is 5.30. The van der Waals surface area contributed by atoms with Gasteiger partial charge in [-0.05, 0) is 47.5 Å². The first kappa shape index (κ1) is 21.9. The second-order valence-corrected chi connectivity index (χ2v) is 9.00. The van der Waals surface area contributed by atoms with Crippen molar-refractivity contribution in [2.45, 2.75) is 65.6 Å². The monoisotopic (exact) mass is 438 g/mol. The van der Waals surface area contributed by atoms with Gasteiger partial charge in [0.15, 0.2) is 17.0 Å². The molecule has 10 nitrogen and oxygen atoms in total. The normalized spacial score (nSPS) is 16.9. The van der Waals surface area contributed by atoms with E-state index >= 15 is 0 Å². The molecule has 1 unspecified atom stereocenters. The van der Waals surface area contributed by atoms with Gasteiger partial charge in [-0.25, -0.2) is 29.7 Å². The molecule has 0 aliphatic carbocycles. The van der Waals surface area contributed by atoms with Gasteiger partial charge in [0.05, 0.1) is 5.56 Å². The quantitative estimate of drug-likeness (QED) is 0.660. The minimum absolute atomic E-state index is 0.0484. The van der Waals surface area contributed by atoms with Gasteiger partial charge in [-0.1, -0.05) is 0 Å². The molecule has 3 aromatic rings. The average Bonchev–Trinajstić information content (AvgIpc) is 3.13. The van der Waals surface area contributed by atoms with Gasteiger partial charge in [-0.2, -0.15) is 0 Å². The number of rotatable bonds is 4. The summed E-state index contributed by atoms with van der Waals surface area (Å²) < 4.78 is 7.57. The standard InChI is InChI=1S/C22H30N8O2/c1-6-30-19(15-10-23-14(2)24-11-15)28-17-18(25-13-26-20(17)30)27-16-8-7-9-29(12-16)21(31)32-22(3,4)5/h10-11,13,16H,6-9,12H2,1-5H3,(H,25,26,27). The number of carbonyl (C=O) groups is 1. The topological polar surface area (TPSA) is 111 Å². The second kappa shape index (κ2) is 8.68. The fourth-order valence-corrected chi connectivity index (χ4v) is 3.85. The van der Waals surface area contributed by atoms with Crippen molar-refractivity contribution in [1.82, 2.24) is 34.4 Å². The number of likely N-dealkylation sites (tertiary alicyclic amines) is 1. The third-order valence-electron chi connectivity index (χ3n) is 5.30. The van der Waals surface area contributed by atoms with Gasteiger partial charge in [-0.15, -0.1) is 0 Å². The number of aryl methyl sites for hydroxylation is 2. The van der Waals surface area contributed by atoms with Gasteiger partial charge >= 0.3 is 6.09 Å². The number of aromatic nitrogens is 6. The minimum Gasteiger partial charge on any atom is -0.444 e. The zero-order valence-corrected chi connectivity index (χ0v) is 19.3. The van der Waals surface area contributed by atoms with Crippen LogP contribution >= 0.6 is 0 Å². The predicted molar refractivity (Wildman–Crippen MR) is 121 cm³/mol. The van der Waals surface area contributed by atoms with Crippen LogP contribution in [0.5, 0.6) is 0 Å². The van der Waals surface area contributed by atoms with Crippen LogP contribution in [0, 0.1) is 6.92 Å². The Morgan fingerprint density at radius 2 is 1.97 bits per heavy atom. The molecule has 1 atom stereocenters. The highest BCUT2D eigenvalue weighted by Gasteiger charge is 2.28. The summed E-state index contributed by atoms with van der Waals surface area (Å²) in [7, 11) is 0. The van der Waals surface area contributed by atoms with Crippen molar-refractivity contribution >= 4 is 23.1 Å². The van der Waals surface area contributed by atoms with E-state index in [1.807, 2.05) is 32.3 Å². The molecule has 1 N–H and O–H groups in total. The van der Waals surface area contributed by atoms with Crippen LogP contribution in [-0.4, -0.2) is 65.2 Å². The van der Waals surface area contributed by atoms with Crippen LogP contribution in [0.25, 0.3) is 22.6 Å². The predicted octanol–water partition coefficient (Wildman–Crippen LogP) is 3.42. The molecular formula is C22H30N8O2. The van der Waals surface area contributed by atoms with Gasteiger partial charge in [0.1, 0.15) is 23.6 Å². The lowest BCUT2D eigenvalue weighted by atomic mass is 10.1. The summed E-state index contributed by atoms with van der Waals surface area (Å²) in [6.07, 6.45) is 6.63. The van der Waals surface area contributed by atoms with Gasteiger partial charge in [0.2, 0.25) is 0 Å². The number of imidazole rings is 1. The van der Waals surface area contributed by atoms with E-state index in [9.17, 15) is 4.79 Å². The number of carbonyl (C=O) groups excluding carboxylic acids is 1. The Bertz CT molecular complexity index is 1100. The fourth-order valence-electron chi connectivity index (χ4n) is 3.85. The molecule has 170 valence electrons. The molecule has 10 heteroatoms. The van der Waals surface area contributed by atoms with E-state index in [1.165, 1.54) is 0 Å². The lowest BCUT2D eigenvalue weighted by molar-refractivity contribution is 0.0206. The summed E-state index contributed by atoms with van der Waals surface area (Å²) >= 11 is 0. The van der Waals surface area contributed by atoms with Gasteiger partial charge in [-0.3, -0.25) is 0 Å². The van der Waals surface area contributed by atoms with Crippen LogP contribution in [0.3, 0.4) is 0 Å². The number of nitrogens with one attached hydrogen (secondary N) is 1. The lowest BCUT2D eigenvalue weighted by Crippen LogP contribution is -2.47. The average molecular weight is 439 g/mol. The number of hydrogen-bond donors (Lipinski definition) is 1. The Hall–Kier alpha value is -3.30. The van der Waals surface area contributed by atoms with E-state index in [-0.39, 0.29) is 12.1 Å². The van der Waals surface area contributed by atoms with Crippen LogP contribution in [-0.2, 0) is 11.3 Å². The lowest BCUT2D eigenvalue weighted by Gasteiger charge is -2.34. The molecule has 0 aromatic carbocycles. The van der Waals surface area contributed by atoms with Gasteiger partial charge in [0.25, 0.3) is 0 Å². The molecule has 0 bridgehead atoms. The summed E-state index contributed by atoms with van der Waals surface area (Å²) in [6, 6.07) is 0.0484. The Balaban J connectivity index is 1.59. The molecule has 1 aliphatic heterocycles. The highest BCUT2D eigenvalue weighted by atomic mass is 16.6. The number of piperidine rings is 1. The number of anilines is 1. The molecule has 1 amide bonds. The first-order chi connectivity index (χ1) is 15.2. The number of hydrogen-bond acceptors (Lipinski definition) is 8. The van der Waals surface area contributed by atoms with Crippen molar-refractivity contribution in [3.8, 4) is 11.4 Å². The van der Waals surface area contributed by atoms with Crippen LogP contribution in [0.15, 0.2) is 18.7 Å². The minimum atomic E-state index is -0.515. The van der Waals surface area contributed by atoms with E-state index in [0.717, 1.165) is 29.9 Å². The van der Waals surface area contributed by atoms with E-state index in [2.05, 4.69) is 32.2 Å². The molecular weight excluding hydrogens is 408 g/mol. The Morgan fingerprint density at radius 3 is 2.66 bits per heavy atom. The maximum absolute atomic E-state index is 12.5. The Labute approximate surface area is 187 Å². The van der Waals surface area contributed by atoms with E-state index < -0.39 is 5.60 Å². The van der Waals surface area contributed by atoms with Crippen molar-refractivity contribution in [2.24, 2.45) is 0 Å². The maximum Gasteiger partial charge on any atom is 0.410 e. The molecule has 1 saturated heterocycles. The van der Waals surface area contributed by atoms with Crippen molar-refractivity contribution < 1.29 is 9.53 Å². The summed E-state index contributed by atoms with van der Waals surface area (Å²) in [5.74, 6) is 2.12. The van der Waals surface area contributed by atoms with Crippen LogP contribution < -0.4 is 5.32 Å². The summed E-state index contributed by atoms with van der Waals surface area (Å²) in [5.41, 5.74) is 1.76. The molecule has 0 saturated carbocycles. The highest BCUT2D eigenvalue weighted by molar-refractivity contribution is 5.86. The summed E-state index contributed by atoms with van der Waals surface area (Å²) in [6.45, 7) is 11.5. The first-order valence-electron chi connectivity index (χ1n) is 11.0. The fraction of sp³-hybridized carbons (Fsp3) is 0.545. The summed E-state index contributed by atoms with van der Waals surface area (Å²) in [5, 5.41) is 3.49. The third kappa shape index (κ3) is 4.63. The molecule has 1 aliphatic rings. The zero-order chi connectivity index (χ0) is 22.9. The van der Waals surface area contributed by atoms with E-state index in [1.54, 1.807) is 23.6 Å². The van der Waals surface area contributed by atoms with E-state index in [4.69, 9.17) is 9.72 Å². The molecule has 3 aromatic heterocycles. The highest BCUT2D eigenvalue weighted by Crippen LogP contribution is 2.27. The molecule has 4 heterocycles. The Kier molecular flexibility index (Phi) is 5.94. The van der Waals surface area contributed by atoms with Crippen molar-refractivity contribution in [1.29, 1.82) is 0 Å². The number of nitrogens with zero attached hydrogens (tertiary/aromatic N) is 7. The number of amides is 1. The van der Waals surface area contributed by atoms with Crippen molar-refractivity contribution in [3.05, 3.63) is 24.5 Å². The maximum atomic E-state index is 12.5. The number of ether oxygens (including phenoxy) is 1. The zero-order valence-electron chi connectivity index (χ0n) is 19.3. The van der Waals surface area contributed by atoms with Gasteiger partial charge in [0, 0.05) is 38.1 Å². The Morgan fingerprint density at radius 1 is 1.22 bits per heavy atom. The molecule has 4 rings (SSSR count). The van der Waals surface area contributed by atoms with Gasteiger partial charge < -0.3 is 19.5 Å². The largest absolute Gasteiger partial charge is 0.444 e. The van der Waals surface area contributed by atoms with Crippen LogP contribution in [0.2, 0.25) is 0 Å². The van der Waals surface area contributed by atoms with Crippen molar-refractivity contribution in [2.75, 3.05) is 18.4 Å². The molecule has 32 heavy (non-hydrogen) atoms. The van der Waals surface area contributed by atoms with E-state index in [0.29, 0.717) is 36.8 Å². The molecule has 1 fully saturated rings.